The number of carbonyl (C=O) groups excluding carboxylic acids is 2. The van der Waals surface area contributed by atoms with Crippen LogP contribution in [0.2, 0.25) is 0 Å². The molecule has 6 heteroatoms. The summed E-state index contributed by atoms with van der Waals surface area (Å²) in [4.78, 5) is 27.0. The van der Waals surface area contributed by atoms with E-state index in [0.717, 1.165) is 16.9 Å². The highest BCUT2D eigenvalue weighted by Gasteiger charge is 2.29. The van der Waals surface area contributed by atoms with Gasteiger partial charge >= 0.3 is 0 Å². The van der Waals surface area contributed by atoms with E-state index in [0.29, 0.717) is 31.5 Å². The first-order valence-electron chi connectivity index (χ1n) is 9.88. The van der Waals surface area contributed by atoms with Crippen molar-refractivity contribution in [2.24, 2.45) is 5.92 Å². The Morgan fingerprint density at radius 3 is 2.41 bits per heavy atom. The summed E-state index contributed by atoms with van der Waals surface area (Å²) in [5.41, 5.74) is 2.52. The number of halogens is 1. The van der Waals surface area contributed by atoms with E-state index in [4.69, 9.17) is 4.74 Å². The molecule has 2 aromatic rings. The quantitative estimate of drug-likeness (QED) is 0.832. The molecule has 5 nitrogen and oxygen atoms in total. The van der Waals surface area contributed by atoms with Crippen LogP contribution in [0.1, 0.15) is 47.3 Å². The third kappa shape index (κ3) is 4.94. The second-order valence-electron chi connectivity index (χ2n) is 7.55. The van der Waals surface area contributed by atoms with Crippen molar-refractivity contribution >= 4 is 11.8 Å². The second kappa shape index (κ2) is 9.07. The zero-order valence-electron chi connectivity index (χ0n) is 17.1. The number of hydrogen-bond donors (Lipinski definition) is 1. The molecule has 1 aliphatic heterocycles. The molecule has 1 N–H and O–H groups in total. The molecule has 0 spiro atoms. The molecule has 1 saturated heterocycles. The van der Waals surface area contributed by atoms with Crippen LogP contribution in [-0.4, -0.2) is 36.9 Å². The lowest BCUT2D eigenvalue weighted by atomic mass is 9.94. The van der Waals surface area contributed by atoms with E-state index < -0.39 is 0 Å². The van der Waals surface area contributed by atoms with Crippen LogP contribution in [0.5, 0.6) is 5.75 Å². The molecule has 0 aromatic heterocycles. The van der Waals surface area contributed by atoms with Crippen LogP contribution < -0.4 is 10.1 Å². The van der Waals surface area contributed by atoms with Crippen molar-refractivity contribution in [2.45, 2.75) is 32.7 Å². The van der Waals surface area contributed by atoms with Gasteiger partial charge in [-0.2, -0.15) is 0 Å². The van der Waals surface area contributed by atoms with Gasteiger partial charge < -0.3 is 15.0 Å². The van der Waals surface area contributed by atoms with E-state index in [-0.39, 0.29) is 29.6 Å². The number of rotatable bonds is 5. The van der Waals surface area contributed by atoms with Crippen LogP contribution in [0, 0.1) is 18.7 Å². The van der Waals surface area contributed by atoms with Crippen molar-refractivity contribution in [3.05, 3.63) is 65.0 Å². The summed E-state index contributed by atoms with van der Waals surface area (Å²) in [6.45, 7) is 4.97. The van der Waals surface area contributed by atoms with Crippen LogP contribution >= 0.6 is 0 Å². The number of nitrogens with zero attached hydrogens (tertiary/aromatic N) is 1. The molecule has 3 rings (SSSR count). The number of amides is 2. The number of carbonyl (C=O) groups is 2. The first-order valence-corrected chi connectivity index (χ1v) is 9.88. The highest BCUT2D eigenvalue weighted by molar-refractivity contribution is 5.94. The molecule has 1 atom stereocenters. The van der Waals surface area contributed by atoms with Crippen molar-refractivity contribution < 1.29 is 18.7 Å². The summed E-state index contributed by atoms with van der Waals surface area (Å²) in [6, 6.07) is 11.3. The zero-order chi connectivity index (χ0) is 21.0. The van der Waals surface area contributed by atoms with Gasteiger partial charge in [-0.25, -0.2) is 4.39 Å². The first kappa shape index (κ1) is 20.8. The topological polar surface area (TPSA) is 58.6 Å². The molecule has 154 valence electrons. The molecule has 0 radical (unpaired) electrons. The maximum absolute atomic E-state index is 13.1. The number of methoxy groups -OCH3 is 1. The number of likely N-dealkylation sites (tertiary alicyclic amines) is 1. The number of aryl methyl sites for hydroxylation is 1. The summed E-state index contributed by atoms with van der Waals surface area (Å²) in [5, 5.41) is 3.09. The van der Waals surface area contributed by atoms with Crippen LogP contribution in [0.25, 0.3) is 0 Å². The Morgan fingerprint density at radius 1 is 1.14 bits per heavy atom. The fourth-order valence-electron chi connectivity index (χ4n) is 3.72. The molecule has 1 fully saturated rings. The smallest absolute Gasteiger partial charge is 0.253 e. The van der Waals surface area contributed by atoms with E-state index in [2.05, 4.69) is 5.32 Å². The van der Waals surface area contributed by atoms with Gasteiger partial charge in [0.15, 0.2) is 0 Å². The number of benzene rings is 2. The van der Waals surface area contributed by atoms with Crippen molar-refractivity contribution in [1.82, 2.24) is 10.2 Å². The number of nitrogens with one attached hydrogen (secondary N) is 1. The third-order valence-electron chi connectivity index (χ3n) is 5.45. The number of hydrogen-bond acceptors (Lipinski definition) is 3. The highest BCUT2D eigenvalue weighted by atomic mass is 19.1. The maximum Gasteiger partial charge on any atom is 0.253 e. The zero-order valence-corrected chi connectivity index (χ0v) is 17.1. The Morgan fingerprint density at radius 2 is 1.79 bits per heavy atom. The number of piperidine rings is 1. The van der Waals surface area contributed by atoms with Gasteiger partial charge in [-0.1, -0.05) is 17.7 Å². The first-order chi connectivity index (χ1) is 13.9. The lowest BCUT2D eigenvalue weighted by Crippen LogP contribution is -2.43. The van der Waals surface area contributed by atoms with E-state index >= 15 is 0 Å². The number of ether oxygens (including phenoxy) is 1. The molecule has 2 aromatic carbocycles. The van der Waals surface area contributed by atoms with Crippen LogP contribution in [0.4, 0.5) is 4.39 Å². The summed E-state index contributed by atoms with van der Waals surface area (Å²) < 4.78 is 18.5. The van der Waals surface area contributed by atoms with Crippen LogP contribution in [0.15, 0.2) is 42.5 Å². The van der Waals surface area contributed by atoms with Crippen molar-refractivity contribution in [3.63, 3.8) is 0 Å². The predicted octanol–water partition coefficient (Wildman–Crippen LogP) is 3.87. The minimum absolute atomic E-state index is 0.00468. The van der Waals surface area contributed by atoms with Crippen molar-refractivity contribution in [1.29, 1.82) is 0 Å². The predicted molar refractivity (Wildman–Crippen MR) is 109 cm³/mol. The molecule has 0 saturated carbocycles. The summed E-state index contributed by atoms with van der Waals surface area (Å²) in [7, 11) is 1.62. The van der Waals surface area contributed by atoms with Gasteiger partial charge in [-0.15, -0.1) is 0 Å². The molecule has 0 aliphatic carbocycles. The SMILES string of the molecule is COc1ccc(C)cc1C(C)NC(=O)C1CCN(C(=O)c2ccc(F)cc2)CC1. The van der Waals surface area contributed by atoms with Crippen LogP contribution in [-0.2, 0) is 4.79 Å². The maximum atomic E-state index is 13.1. The minimum Gasteiger partial charge on any atom is -0.496 e. The fraction of sp³-hybridized carbons (Fsp3) is 0.391. The molecule has 1 aliphatic rings. The van der Waals surface area contributed by atoms with Crippen molar-refractivity contribution in [2.75, 3.05) is 20.2 Å². The Labute approximate surface area is 170 Å². The molecular weight excluding hydrogens is 371 g/mol. The van der Waals surface area contributed by atoms with E-state index in [9.17, 15) is 14.0 Å². The van der Waals surface area contributed by atoms with Crippen molar-refractivity contribution in [3.8, 4) is 5.75 Å². The standard InChI is InChI=1S/C23H27FN2O3/c1-15-4-9-21(29-3)20(14-15)16(2)25-22(27)17-10-12-26(13-11-17)23(28)18-5-7-19(24)8-6-18/h4-9,14,16-17H,10-13H2,1-3H3,(H,25,27). The largest absolute Gasteiger partial charge is 0.496 e. The monoisotopic (exact) mass is 398 g/mol. The molecule has 2 amide bonds. The second-order valence-corrected chi connectivity index (χ2v) is 7.55. The Balaban J connectivity index is 1.57. The van der Waals surface area contributed by atoms with Gasteiger partial charge in [0, 0.05) is 30.1 Å². The molecule has 1 unspecified atom stereocenters. The van der Waals surface area contributed by atoms with Crippen LogP contribution in [0.3, 0.4) is 0 Å². The third-order valence-corrected chi connectivity index (χ3v) is 5.45. The summed E-state index contributed by atoms with van der Waals surface area (Å²) >= 11 is 0. The van der Waals surface area contributed by atoms with E-state index in [1.165, 1.54) is 24.3 Å². The lowest BCUT2D eigenvalue weighted by molar-refractivity contribution is -0.127. The Bertz CT molecular complexity index is 874. The van der Waals surface area contributed by atoms with Gasteiger partial charge in [0.05, 0.1) is 13.2 Å². The Hall–Kier alpha value is -2.89. The molecule has 0 bridgehead atoms. The molecule has 1 heterocycles. The van der Waals surface area contributed by atoms with Gasteiger partial charge in [0.2, 0.25) is 5.91 Å². The average Bonchev–Trinajstić information content (AvgIpc) is 2.73. The fourth-order valence-corrected chi connectivity index (χ4v) is 3.72. The van der Waals surface area contributed by atoms with Gasteiger partial charge in [0.1, 0.15) is 11.6 Å². The average molecular weight is 398 g/mol. The normalized spacial score (nSPS) is 15.7. The van der Waals surface area contributed by atoms with Gasteiger partial charge in [0.25, 0.3) is 5.91 Å². The van der Waals surface area contributed by atoms with Gasteiger partial charge in [-0.3, -0.25) is 9.59 Å². The Kier molecular flexibility index (Phi) is 6.52. The minimum atomic E-state index is -0.365. The summed E-state index contributed by atoms with van der Waals surface area (Å²) in [5.74, 6) is 0.126. The lowest BCUT2D eigenvalue weighted by Gasteiger charge is -2.32. The molecule has 29 heavy (non-hydrogen) atoms. The van der Waals surface area contributed by atoms with Gasteiger partial charge in [-0.05, 0) is 57.0 Å². The van der Waals surface area contributed by atoms with E-state index in [1.807, 2.05) is 32.0 Å². The highest BCUT2D eigenvalue weighted by Crippen LogP contribution is 2.27. The van der Waals surface area contributed by atoms with E-state index in [1.54, 1.807) is 12.0 Å². The summed E-state index contributed by atoms with van der Waals surface area (Å²) in [6.07, 6.45) is 1.22. The molecular formula is C23H27FN2O3.